The maximum atomic E-state index is 11.0. The van der Waals surface area contributed by atoms with Crippen molar-refractivity contribution in [2.24, 2.45) is 0 Å². The van der Waals surface area contributed by atoms with Crippen molar-refractivity contribution in [1.82, 2.24) is 0 Å². The lowest BCUT2D eigenvalue weighted by Gasteiger charge is -2.02. The summed E-state index contributed by atoms with van der Waals surface area (Å²) in [5, 5.41) is 11.0. The van der Waals surface area contributed by atoms with Crippen LogP contribution in [0, 0.1) is 0 Å². The average molecular weight is 165 g/mol. The van der Waals surface area contributed by atoms with E-state index in [1.54, 1.807) is 25.1 Å². The highest BCUT2D eigenvalue weighted by molar-refractivity contribution is 5.44. The molecule has 63 valence electrons. The Kier molecular flexibility index (Phi) is 1.66. The van der Waals surface area contributed by atoms with Gasteiger partial charge in [-0.15, -0.1) is 0 Å². The largest absolute Gasteiger partial charge is 0.454 e. The summed E-state index contributed by atoms with van der Waals surface area (Å²) in [5.41, 5.74) is 0.735. The van der Waals surface area contributed by atoms with Crippen LogP contribution in [0.2, 0.25) is 0 Å². The first-order valence-electron chi connectivity index (χ1n) is 3.83. The quantitative estimate of drug-likeness (QED) is 0.637. The van der Waals surface area contributed by atoms with Gasteiger partial charge in [-0.3, -0.25) is 0 Å². The van der Waals surface area contributed by atoms with E-state index in [2.05, 4.69) is 0 Å². The van der Waals surface area contributed by atoms with Crippen LogP contribution in [0.15, 0.2) is 18.2 Å². The van der Waals surface area contributed by atoms with Gasteiger partial charge in [-0.2, -0.15) is 0 Å². The molecule has 2 rings (SSSR count). The lowest BCUT2D eigenvalue weighted by atomic mass is 10.1. The van der Waals surface area contributed by atoms with Crippen molar-refractivity contribution in [2.45, 2.75) is 13.0 Å². The molecule has 3 nitrogen and oxygen atoms in total. The van der Waals surface area contributed by atoms with Crippen molar-refractivity contribution < 1.29 is 14.6 Å². The molecule has 1 aromatic carbocycles. The first-order valence-corrected chi connectivity index (χ1v) is 3.83. The second-order valence-electron chi connectivity index (χ2n) is 2.75. The van der Waals surface area contributed by atoms with E-state index in [-0.39, 0.29) is 6.79 Å². The van der Waals surface area contributed by atoms with Gasteiger partial charge in [-0.1, -0.05) is 6.07 Å². The molecule has 0 aliphatic carbocycles. The molecule has 0 fully saturated rings. The summed E-state index contributed by atoms with van der Waals surface area (Å²) in [6.07, 6.45) is -0.709. The third-order valence-corrected chi connectivity index (χ3v) is 1.87. The van der Waals surface area contributed by atoms with Crippen molar-refractivity contribution >= 4 is 0 Å². The van der Waals surface area contributed by atoms with Crippen LogP contribution in [0.25, 0.3) is 0 Å². The highest BCUT2D eigenvalue weighted by atomic mass is 16.7. The van der Waals surface area contributed by atoms with E-state index in [0.717, 1.165) is 11.3 Å². The standard InChI is InChI=1S/C9H9O3/c1-6(10)7-2-3-8-9(4-7)12-5-11-8/h2-4,6H,5H2,1H3. The lowest BCUT2D eigenvalue weighted by molar-refractivity contribution is 0.106. The van der Waals surface area contributed by atoms with E-state index in [1.165, 1.54) is 0 Å². The first kappa shape index (κ1) is 7.43. The van der Waals surface area contributed by atoms with E-state index < -0.39 is 6.10 Å². The van der Waals surface area contributed by atoms with Crippen molar-refractivity contribution in [2.75, 3.05) is 6.79 Å². The summed E-state index contributed by atoms with van der Waals surface area (Å²) in [4.78, 5) is 0. The van der Waals surface area contributed by atoms with Gasteiger partial charge in [0.1, 0.15) is 6.10 Å². The van der Waals surface area contributed by atoms with Crippen molar-refractivity contribution in [3.8, 4) is 11.5 Å². The Balaban J connectivity index is 2.39. The van der Waals surface area contributed by atoms with Gasteiger partial charge in [0.25, 0.3) is 0 Å². The Labute approximate surface area is 70.5 Å². The van der Waals surface area contributed by atoms with Crippen LogP contribution in [-0.2, 0) is 5.11 Å². The number of hydrogen-bond acceptors (Lipinski definition) is 2. The molecule has 0 bridgehead atoms. The minimum absolute atomic E-state index is 0.256. The van der Waals surface area contributed by atoms with Crippen molar-refractivity contribution in [1.29, 1.82) is 0 Å². The fourth-order valence-electron chi connectivity index (χ4n) is 1.17. The third-order valence-electron chi connectivity index (χ3n) is 1.87. The minimum Gasteiger partial charge on any atom is -0.454 e. The zero-order chi connectivity index (χ0) is 8.55. The topological polar surface area (TPSA) is 38.4 Å². The van der Waals surface area contributed by atoms with Gasteiger partial charge in [0, 0.05) is 0 Å². The van der Waals surface area contributed by atoms with E-state index in [9.17, 15) is 5.11 Å². The summed E-state index contributed by atoms with van der Waals surface area (Å²) in [6.45, 7) is 1.86. The second-order valence-corrected chi connectivity index (χ2v) is 2.75. The van der Waals surface area contributed by atoms with Gasteiger partial charge in [0.2, 0.25) is 6.79 Å². The molecule has 1 heterocycles. The maximum absolute atomic E-state index is 11.0. The monoisotopic (exact) mass is 165 g/mol. The van der Waals surface area contributed by atoms with E-state index in [4.69, 9.17) is 9.47 Å². The fraction of sp³-hybridized carbons (Fsp3) is 0.333. The Morgan fingerprint density at radius 3 is 2.83 bits per heavy atom. The molecule has 3 heteroatoms. The fourth-order valence-corrected chi connectivity index (χ4v) is 1.17. The molecular formula is C9H9O3. The van der Waals surface area contributed by atoms with Gasteiger partial charge in [-0.25, -0.2) is 5.11 Å². The molecule has 12 heavy (non-hydrogen) atoms. The molecule has 0 spiro atoms. The maximum Gasteiger partial charge on any atom is 0.231 e. The van der Waals surface area contributed by atoms with Gasteiger partial charge in [0.15, 0.2) is 11.5 Å². The van der Waals surface area contributed by atoms with Crippen LogP contribution in [0.1, 0.15) is 18.6 Å². The normalized spacial score (nSPS) is 16.2. The molecule has 1 radical (unpaired) electrons. The molecule has 0 saturated heterocycles. The van der Waals surface area contributed by atoms with E-state index >= 15 is 0 Å². The van der Waals surface area contributed by atoms with Crippen molar-refractivity contribution in [3.05, 3.63) is 23.8 Å². The highest BCUT2D eigenvalue weighted by Gasteiger charge is 2.14. The molecule has 0 saturated carbocycles. The van der Waals surface area contributed by atoms with Crippen LogP contribution in [-0.4, -0.2) is 6.79 Å². The summed E-state index contributed by atoms with van der Waals surface area (Å²) in [5.74, 6) is 1.40. The molecule has 0 amide bonds. The summed E-state index contributed by atoms with van der Waals surface area (Å²) < 4.78 is 10.2. The van der Waals surface area contributed by atoms with Crippen LogP contribution < -0.4 is 9.47 Å². The van der Waals surface area contributed by atoms with Crippen LogP contribution in [0.4, 0.5) is 0 Å². The number of benzene rings is 1. The molecule has 0 N–H and O–H groups in total. The lowest BCUT2D eigenvalue weighted by Crippen LogP contribution is -1.93. The highest BCUT2D eigenvalue weighted by Crippen LogP contribution is 2.33. The summed E-state index contributed by atoms with van der Waals surface area (Å²) >= 11 is 0. The third kappa shape index (κ3) is 1.12. The smallest absolute Gasteiger partial charge is 0.231 e. The van der Waals surface area contributed by atoms with Crippen LogP contribution >= 0.6 is 0 Å². The number of fused-ring (bicyclic) bond motifs is 1. The predicted octanol–water partition coefficient (Wildman–Crippen LogP) is 1.91. The summed E-state index contributed by atoms with van der Waals surface area (Å²) in [6, 6.07) is 5.28. The predicted molar refractivity (Wildman–Crippen MR) is 41.7 cm³/mol. The molecule has 1 aliphatic heterocycles. The number of hydrogen-bond donors (Lipinski definition) is 0. The Hall–Kier alpha value is -1.22. The zero-order valence-corrected chi connectivity index (χ0v) is 6.74. The second kappa shape index (κ2) is 2.68. The number of rotatable bonds is 1. The van der Waals surface area contributed by atoms with E-state index in [1.807, 2.05) is 0 Å². The Morgan fingerprint density at radius 2 is 2.08 bits per heavy atom. The SMILES string of the molecule is CC([O])c1ccc2c(c1)OCO2. The van der Waals surface area contributed by atoms with Gasteiger partial charge in [-0.05, 0) is 24.6 Å². The molecule has 1 aliphatic rings. The van der Waals surface area contributed by atoms with Gasteiger partial charge >= 0.3 is 0 Å². The Morgan fingerprint density at radius 1 is 1.33 bits per heavy atom. The molecule has 1 unspecified atom stereocenters. The molecule has 1 aromatic rings. The Bertz CT molecular complexity index is 294. The minimum atomic E-state index is -0.709. The van der Waals surface area contributed by atoms with Crippen LogP contribution in [0.5, 0.6) is 11.5 Å². The molecular weight excluding hydrogens is 156 g/mol. The van der Waals surface area contributed by atoms with Crippen molar-refractivity contribution in [3.63, 3.8) is 0 Å². The number of ether oxygens (including phenoxy) is 2. The first-order chi connectivity index (χ1) is 5.77. The average Bonchev–Trinajstić information content (AvgIpc) is 2.49. The summed E-state index contributed by atoms with van der Waals surface area (Å²) in [7, 11) is 0. The molecule has 0 aromatic heterocycles. The van der Waals surface area contributed by atoms with Gasteiger partial charge < -0.3 is 9.47 Å². The van der Waals surface area contributed by atoms with Gasteiger partial charge in [0.05, 0.1) is 0 Å². The molecule has 1 atom stereocenters. The van der Waals surface area contributed by atoms with Crippen LogP contribution in [0.3, 0.4) is 0 Å². The zero-order valence-electron chi connectivity index (χ0n) is 6.74. The van der Waals surface area contributed by atoms with E-state index in [0.29, 0.717) is 5.75 Å².